The topological polar surface area (TPSA) is 0 Å². The third-order valence-electron chi connectivity index (χ3n) is 2.04. The first-order chi connectivity index (χ1) is 5.86. The second kappa shape index (κ2) is 3.03. The Balaban J connectivity index is 3.08. The van der Waals surface area contributed by atoms with Crippen molar-refractivity contribution in [1.29, 1.82) is 0 Å². The maximum absolute atomic E-state index is 12.5. The summed E-state index contributed by atoms with van der Waals surface area (Å²) in [4.78, 5) is 0. The molecule has 0 fully saturated rings. The molecule has 0 aliphatic carbocycles. The number of hydrogen-bond donors (Lipinski definition) is 0. The van der Waals surface area contributed by atoms with E-state index in [9.17, 15) is 13.2 Å². The lowest BCUT2D eigenvalue weighted by Gasteiger charge is -2.29. The molecule has 0 saturated carbocycles. The minimum Gasteiger partial charge on any atom is -0.204 e. The predicted molar refractivity (Wildman–Crippen MR) is 46.1 cm³/mol. The number of alkyl halides is 3. The monoisotopic (exact) mass is 190 g/mol. The van der Waals surface area contributed by atoms with E-state index in [4.69, 9.17) is 0 Å². The highest BCUT2D eigenvalue weighted by Gasteiger charge is 2.50. The van der Waals surface area contributed by atoms with E-state index >= 15 is 0 Å². The van der Waals surface area contributed by atoms with Gasteiger partial charge in [-0.2, -0.15) is 0 Å². The molecule has 13 heavy (non-hydrogen) atoms. The molecule has 0 saturated heterocycles. The Morgan fingerprint density at radius 1 is 1.00 bits per heavy atom. The van der Waals surface area contributed by atoms with Crippen LogP contribution < -0.4 is 4.48 Å². The van der Waals surface area contributed by atoms with E-state index in [0.29, 0.717) is 0 Å². The van der Waals surface area contributed by atoms with Crippen LogP contribution in [0.1, 0.15) is 0 Å². The summed E-state index contributed by atoms with van der Waals surface area (Å²) in [7, 11) is 2.24. The number of hydrogen-bond acceptors (Lipinski definition) is 0. The largest absolute Gasteiger partial charge is 0.565 e. The molecule has 1 aromatic carbocycles. The molecule has 0 radical (unpaired) electrons. The lowest BCUT2D eigenvalue weighted by Crippen LogP contribution is -2.52. The SMILES string of the molecule is C[N+](C)(c1ccccc1)C(F)(F)F. The van der Waals surface area contributed by atoms with Gasteiger partial charge in [0.05, 0.1) is 14.1 Å². The summed E-state index contributed by atoms with van der Waals surface area (Å²) in [6, 6.07) is 7.82. The molecular formula is C9H11F3N+. The molecule has 0 aromatic heterocycles. The van der Waals surface area contributed by atoms with Crippen LogP contribution in [-0.2, 0) is 0 Å². The van der Waals surface area contributed by atoms with Gasteiger partial charge in [-0.15, -0.1) is 13.2 Å². The Kier molecular flexibility index (Phi) is 2.34. The van der Waals surface area contributed by atoms with Gasteiger partial charge in [-0.1, -0.05) is 18.2 Å². The molecule has 0 heterocycles. The van der Waals surface area contributed by atoms with Crippen molar-refractivity contribution < 1.29 is 13.2 Å². The van der Waals surface area contributed by atoms with Crippen molar-refractivity contribution in [1.82, 2.24) is 4.48 Å². The Morgan fingerprint density at radius 2 is 1.46 bits per heavy atom. The van der Waals surface area contributed by atoms with Gasteiger partial charge in [-0.25, -0.2) is 4.48 Å². The van der Waals surface area contributed by atoms with E-state index in [2.05, 4.69) is 0 Å². The van der Waals surface area contributed by atoms with Crippen LogP contribution in [0.3, 0.4) is 0 Å². The fourth-order valence-electron chi connectivity index (χ4n) is 0.947. The van der Waals surface area contributed by atoms with Crippen LogP contribution in [0, 0.1) is 0 Å². The molecule has 1 rings (SSSR count). The van der Waals surface area contributed by atoms with Crippen LogP contribution in [0.4, 0.5) is 18.9 Å². The standard InChI is InChI=1S/C9H11F3N/c1-13(2,9(10,11)12)8-6-4-3-5-7-8/h3-7H,1-2H3/q+1. The van der Waals surface area contributed by atoms with Crippen LogP contribution in [-0.4, -0.2) is 20.4 Å². The van der Waals surface area contributed by atoms with Crippen molar-refractivity contribution in [3.8, 4) is 0 Å². The van der Waals surface area contributed by atoms with Crippen molar-refractivity contribution in [2.75, 3.05) is 14.1 Å². The normalized spacial score (nSPS) is 13.0. The van der Waals surface area contributed by atoms with Gasteiger partial charge in [0.25, 0.3) is 0 Å². The zero-order valence-electron chi connectivity index (χ0n) is 7.47. The van der Waals surface area contributed by atoms with Crippen molar-refractivity contribution in [3.05, 3.63) is 30.3 Å². The van der Waals surface area contributed by atoms with Gasteiger partial charge in [-0.3, -0.25) is 0 Å². The summed E-state index contributed by atoms with van der Waals surface area (Å²) in [5.41, 5.74) is 0.231. The lowest BCUT2D eigenvalue weighted by atomic mass is 10.3. The molecule has 1 aromatic rings. The zero-order valence-corrected chi connectivity index (χ0v) is 7.47. The Bertz CT molecular complexity index is 277. The van der Waals surface area contributed by atoms with Gasteiger partial charge in [0.15, 0.2) is 0 Å². The number of benzene rings is 1. The van der Waals surface area contributed by atoms with E-state index in [0.717, 1.165) is 14.1 Å². The maximum Gasteiger partial charge on any atom is 0.565 e. The molecule has 0 aliphatic rings. The van der Waals surface area contributed by atoms with Crippen LogP contribution in [0.25, 0.3) is 0 Å². The van der Waals surface area contributed by atoms with Gasteiger partial charge in [-0.05, 0) is 12.1 Å². The van der Waals surface area contributed by atoms with Crippen LogP contribution in [0.5, 0.6) is 0 Å². The average Bonchev–Trinajstić information content (AvgIpc) is 2.04. The second-order valence-electron chi connectivity index (χ2n) is 3.26. The second-order valence-corrected chi connectivity index (χ2v) is 3.26. The summed E-state index contributed by atoms with van der Waals surface area (Å²) < 4.78 is 36.4. The quantitative estimate of drug-likeness (QED) is 0.472. The molecule has 0 spiro atoms. The van der Waals surface area contributed by atoms with Crippen molar-refractivity contribution >= 4 is 5.69 Å². The first-order valence-electron chi connectivity index (χ1n) is 3.82. The van der Waals surface area contributed by atoms with Gasteiger partial charge in [0.2, 0.25) is 0 Å². The summed E-state index contributed by atoms with van der Waals surface area (Å²) in [5.74, 6) is 0. The van der Waals surface area contributed by atoms with E-state index in [-0.39, 0.29) is 5.69 Å². The average molecular weight is 190 g/mol. The number of rotatable bonds is 1. The third-order valence-corrected chi connectivity index (χ3v) is 2.04. The van der Waals surface area contributed by atoms with Gasteiger partial charge >= 0.3 is 6.30 Å². The summed E-state index contributed by atoms with van der Waals surface area (Å²) >= 11 is 0. The Hall–Kier alpha value is -1.03. The van der Waals surface area contributed by atoms with E-state index in [1.165, 1.54) is 12.1 Å². The molecule has 0 unspecified atom stereocenters. The number of nitrogens with zero attached hydrogens (tertiary/aromatic N) is 1. The first-order valence-corrected chi connectivity index (χ1v) is 3.82. The molecule has 4 heteroatoms. The molecule has 1 nitrogen and oxygen atoms in total. The van der Waals surface area contributed by atoms with Gasteiger partial charge < -0.3 is 0 Å². The zero-order chi connectivity index (χ0) is 10.1. The van der Waals surface area contributed by atoms with Crippen LogP contribution in [0.2, 0.25) is 0 Å². The van der Waals surface area contributed by atoms with E-state index < -0.39 is 10.8 Å². The first kappa shape index (κ1) is 10.1. The highest BCUT2D eigenvalue weighted by atomic mass is 19.4. The highest BCUT2D eigenvalue weighted by molar-refractivity contribution is 5.41. The lowest BCUT2D eigenvalue weighted by molar-refractivity contribution is -0.221. The molecule has 0 atom stereocenters. The summed E-state index contributed by atoms with van der Waals surface area (Å²) in [6.07, 6.45) is -4.26. The van der Waals surface area contributed by atoms with E-state index in [1.807, 2.05) is 0 Å². The van der Waals surface area contributed by atoms with Crippen LogP contribution >= 0.6 is 0 Å². The third kappa shape index (κ3) is 1.83. The molecule has 0 amide bonds. The fourth-order valence-corrected chi connectivity index (χ4v) is 0.947. The highest BCUT2D eigenvalue weighted by Crippen LogP contribution is 2.32. The fraction of sp³-hybridized carbons (Fsp3) is 0.333. The predicted octanol–water partition coefficient (Wildman–Crippen LogP) is 2.77. The van der Waals surface area contributed by atoms with Crippen molar-refractivity contribution in [3.63, 3.8) is 0 Å². The van der Waals surface area contributed by atoms with E-state index in [1.54, 1.807) is 18.2 Å². The molecule has 0 bridgehead atoms. The van der Waals surface area contributed by atoms with Crippen molar-refractivity contribution in [2.24, 2.45) is 0 Å². The molecule has 0 aliphatic heterocycles. The van der Waals surface area contributed by atoms with Crippen molar-refractivity contribution in [2.45, 2.75) is 6.30 Å². The molecule has 72 valence electrons. The van der Waals surface area contributed by atoms with Gasteiger partial charge in [0.1, 0.15) is 5.69 Å². The number of para-hydroxylation sites is 1. The van der Waals surface area contributed by atoms with Gasteiger partial charge in [0, 0.05) is 0 Å². The summed E-state index contributed by atoms with van der Waals surface area (Å²) in [6.45, 7) is 0. The summed E-state index contributed by atoms with van der Waals surface area (Å²) in [5, 5.41) is 0. The minimum atomic E-state index is -4.26. The Labute approximate surface area is 75.0 Å². The molecular weight excluding hydrogens is 179 g/mol. The smallest absolute Gasteiger partial charge is 0.204 e. The van der Waals surface area contributed by atoms with Crippen LogP contribution in [0.15, 0.2) is 30.3 Å². The minimum absolute atomic E-state index is 0.231. The Morgan fingerprint density at radius 3 is 1.85 bits per heavy atom. The maximum atomic E-state index is 12.5. The number of halogens is 3. The molecule has 0 N–H and O–H groups in total. The number of quaternary nitrogens is 1.